The Balaban J connectivity index is 0.00000529. The molecule has 0 bridgehead atoms. The number of carbonyl (C=O) groups excluding carboxylic acids is 2. The average Bonchev–Trinajstić information content (AvgIpc) is 2.52. The molecule has 2 amide bonds. The minimum atomic E-state index is -0.352. The van der Waals surface area contributed by atoms with E-state index in [1.807, 2.05) is 31.2 Å². The highest BCUT2D eigenvalue weighted by Crippen LogP contribution is 2.29. The highest BCUT2D eigenvalue weighted by molar-refractivity contribution is 5.86. The van der Waals surface area contributed by atoms with E-state index in [2.05, 4.69) is 24.5 Å². The Bertz CT molecular complexity index is 524. The quantitative estimate of drug-likeness (QED) is 0.628. The van der Waals surface area contributed by atoms with E-state index in [1.165, 1.54) is 0 Å². The van der Waals surface area contributed by atoms with Crippen molar-refractivity contribution in [2.24, 2.45) is 11.7 Å². The molecule has 0 fully saturated rings. The number of benzene rings is 1. The van der Waals surface area contributed by atoms with Gasteiger partial charge in [-0.2, -0.15) is 0 Å². The minimum absolute atomic E-state index is 0. The highest BCUT2D eigenvalue weighted by atomic mass is 35.5. The standard InChI is InChI=1S/C17H27N3O3.ClH/c1-4-23-15-8-6-5-7-13(15)14(9-12(2)3)20-17(22)11-19-16(21)10-18;/h5-8,12,14H,4,9-11,18H2,1-3H3,(H,19,21)(H,20,22);1H. The second-order valence-electron chi connectivity index (χ2n) is 5.70. The van der Waals surface area contributed by atoms with Gasteiger partial charge >= 0.3 is 0 Å². The van der Waals surface area contributed by atoms with Crippen molar-refractivity contribution in [3.05, 3.63) is 29.8 Å². The maximum absolute atomic E-state index is 12.1. The predicted octanol–water partition coefficient (Wildman–Crippen LogP) is 1.79. The Morgan fingerprint density at radius 2 is 1.88 bits per heavy atom. The summed E-state index contributed by atoms with van der Waals surface area (Å²) in [6, 6.07) is 7.52. The van der Waals surface area contributed by atoms with Gasteiger partial charge < -0.3 is 21.1 Å². The summed E-state index contributed by atoms with van der Waals surface area (Å²) in [6.45, 7) is 6.47. The fourth-order valence-electron chi connectivity index (χ4n) is 2.29. The lowest BCUT2D eigenvalue weighted by atomic mass is 9.96. The van der Waals surface area contributed by atoms with Crippen LogP contribution in [-0.2, 0) is 9.59 Å². The zero-order valence-corrected chi connectivity index (χ0v) is 15.3. The van der Waals surface area contributed by atoms with E-state index in [0.29, 0.717) is 12.5 Å². The van der Waals surface area contributed by atoms with Crippen LogP contribution >= 0.6 is 12.4 Å². The van der Waals surface area contributed by atoms with E-state index >= 15 is 0 Å². The number of nitrogens with two attached hydrogens (primary N) is 1. The van der Waals surface area contributed by atoms with E-state index in [4.69, 9.17) is 10.5 Å². The van der Waals surface area contributed by atoms with Crippen molar-refractivity contribution in [3.63, 3.8) is 0 Å². The van der Waals surface area contributed by atoms with Crippen LogP contribution in [0.15, 0.2) is 24.3 Å². The van der Waals surface area contributed by atoms with Crippen LogP contribution in [0.2, 0.25) is 0 Å². The molecule has 0 saturated carbocycles. The third kappa shape index (κ3) is 7.66. The fourth-order valence-corrected chi connectivity index (χ4v) is 2.29. The SMILES string of the molecule is CCOc1ccccc1C(CC(C)C)NC(=O)CNC(=O)CN.Cl. The van der Waals surface area contributed by atoms with Crippen molar-refractivity contribution in [2.75, 3.05) is 19.7 Å². The number of ether oxygens (including phenoxy) is 1. The average molecular weight is 358 g/mol. The van der Waals surface area contributed by atoms with E-state index in [9.17, 15) is 9.59 Å². The molecule has 1 atom stereocenters. The number of hydrogen-bond acceptors (Lipinski definition) is 4. The summed E-state index contributed by atoms with van der Waals surface area (Å²) in [5.74, 6) is 0.569. The van der Waals surface area contributed by atoms with Crippen molar-refractivity contribution in [1.29, 1.82) is 0 Å². The summed E-state index contributed by atoms with van der Waals surface area (Å²) in [7, 11) is 0. The molecule has 0 aromatic heterocycles. The lowest BCUT2D eigenvalue weighted by Crippen LogP contribution is -2.41. The minimum Gasteiger partial charge on any atom is -0.494 e. The first-order chi connectivity index (χ1) is 11.0. The van der Waals surface area contributed by atoms with E-state index in [0.717, 1.165) is 17.7 Å². The first-order valence-electron chi connectivity index (χ1n) is 7.95. The van der Waals surface area contributed by atoms with Crippen molar-refractivity contribution < 1.29 is 14.3 Å². The lowest BCUT2D eigenvalue weighted by Gasteiger charge is -2.23. The Labute approximate surface area is 149 Å². The zero-order chi connectivity index (χ0) is 17.2. The van der Waals surface area contributed by atoms with Gasteiger partial charge in [-0.1, -0.05) is 32.0 Å². The van der Waals surface area contributed by atoms with Crippen molar-refractivity contribution in [1.82, 2.24) is 10.6 Å². The molecule has 24 heavy (non-hydrogen) atoms. The molecule has 1 aromatic carbocycles. The molecule has 0 aliphatic carbocycles. The van der Waals surface area contributed by atoms with Gasteiger partial charge in [-0.3, -0.25) is 9.59 Å². The molecule has 4 N–H and O–H groups in total. The van der Waals surface area contributed by atoms with Gasteiger partial charge in [0.1, 0.15) is 5.75 Å². The Hall–Kier alpha value is -1.79. The van der Waals surface area contributed by atoms with Gasteiger partial charge in [0.2, 0.25) is 11.8 Å². The van der Waals surface area contributed by atoms with Crippen LogP contribution in [0, 0.1) is 5.92 Å². The number of nitrogens with one attached hydrogen (secondary N) is 2. The summed E-state index contributed by atoms with van der Waals surface area (Å²) in [5, 5.41) is 5.44. The second-order valence-corrected chi connectivity index (χ2v) is 5.70. The van der Waals surface area contributed by atoms with Gasteiger partial charge in [-0.25, -0.2) is 0 Å². The molecule has 1 rings (SSSR count). The molecule has 1 unspecified atom stereocenters. The van der Waals surface area contributed by atoms with Crippen LogP contribution in [0.3, 0.4) is 0 Å². The third-order valence-electron chi connectivity index (χ3n) is 3.27. The Kier molecular flexibility index (Phi) is 10.8. The molecule has 1 aromatic rings. The fraction of sp³-hybridized carbons (Fsp3) is 0.529. The van der Waals surface area contributed by atoms with Crippen LogP contribution in [-0.4, -0.2) is 31.5 Å². The van der Waals surface area contributed by atoms with Crippen LogP contribution in [0.1, 0.15) is 38.8 Å². The van der Waals surface area contributed by atoms with Crippen LogP contribution in [0.25, 0.3) is 0 Å². The topological polar surface area (TPSA) is 93.5 Å². The van der Waals surface area contributed by atoms with E-state index in [1.54, 1.807) is 0 Å². The molecule has 7 heteroatoms. The molecule has 0 aliphatic heterocycles. The maximum atomic E-state index is 12.1. The zero-order valence-electron chi connectivity index (χ0n) is 14.5. The highest BCUT2D eigenvalue weighted by Gasteiger charge is 2.19. The molecular weight excluding hydrogens is 330 g/mol. The van der Waals surface area contributed by atoms with Gasteiger partial charge in [0.25, 0.3) is 0 Å². The molecular formula is C17H28ClN3O3. The van der Waals surface area contributed by atoms with Gasteiger partial charge in [-0.15, -0.1) is 12.4 Å². The molecule has 0 heterocycles. The number of halogens is 1. The lowest BCUT2D eigenvalue weighted by molar-refractivity contribution is -0.125. The molecule has 136 valence electrons. The van der Waals surface area contributed by atoms with Gasteiger partial charge in [0.05, 0.1) is 25.7 Å². The van der Waals surface area contributed by atoms with E-state index in [-0.39, 0.29) is 43.4 Å². The molecule has 0 aliphatic rings. The van der Waals surface area contributed by atoms with Crippen LogP contribution in [0.5, 0.6) is 5.75 Å². The molecule has 6 nitrogen and oxygen atoms in total. The molecule has 0 spiro atoms. The second kappa shape index (κ2) is 11.7. The number of rotatable bonds is 9. The largest absolute Gasteiger partial charge is 0.494 e. The number of hydrogen-bond donors (Lipinski definition) is 3. The summed E-state index contributed by atoms with van der Waals surface area (Å²) in [5.41, 5.74) is 6.16. The summed E-state index contributed by atoms with van der Waals surface area (Å²) in [4.78, 5) is 23.2. The van der Waals surface area contributed by atoms with Crippen LogP contribution < -0.4 is 21.1 Å². The number of carbonyl (C=O) groups is 2. The van der Waals surface area contributed by atoms with E-state index < -0.39 is 0 Å². The first-order valence-corrected chi connectivity index (χ1v) is 7.95. The number of amides is 2. The normalized spacial score (nSPS) is 11.4. The maximum Gasteiger partial charge on any atom is 0.239 e. The van der Waals surface area contributed by atoms with Crippen molar-refractivity contribution in [2.45, 2.75) is 33.2 Å². The summed E-state index contributed by atoms with van der Waals surface area (Å²) >= 11 is 0. The van der Waals surface area contributed by atoms with Crippen molar-refractivity contribution in [3.8, 4) is 5.75 Å². The molecule has 0 radical (unpaired) electrons. The van der Waals surface area contributed by atoms with Gasteiger partial charge in [-0.05, 0) is 25.3 Å². The monoisotopic (exact) mass is 357 g/mol. The first kappa shape index (κ1) is 22.2. The molecule has 0 saturated heterocycles. The predicted molar refractivity (Wildman–Crippen MR) is 97.3 cm³/mol. The smallest absolute Gasteiger partial charge is 0.239 e. The summed E-state index contributed by atoms with van der Waals surface area (Å²) < 4.78 is 5.66. The Morgan fingerprint density at radius 1 is 1.21 bits per heavy atom. The number of para-hydroxylation sites is 1. The van der Waals surface area contributed by atoms with Gasteiger partial charge in [0.15, 0.2) is 0 Å². The third-order valence-corrected chi connectivity index (χ3v) is 3.27. The Morgan fingerprint density at radius 3 is 2.46 bits per heavy atom. The van der Waals surface area contributed by atoms with Crippen molar-refractivity contribution >= 4 is 24.2 Å². The van der Waals surface area contributed by atoms with Gasteiger partial charge in [0, 0.05) is 5.56 Å². The summed E-state index contributed by atoms with van der Waals surface area (Å²) in [6.07, 6.45) is 0.778. The van der Waals surface area contributed by atoms with Crippen LogP contribution in [0.4, 0.5) is 0 Å².